The van der Waals surface area contributed by atoms with Crippen LogP contribution in [-0.2, 0) is 15.6 Å². The van der Waals surface area contributed by atoms with Crippen molar-refractivity contribution in [1.29, 1.82) is 0 Å². The van der Waals surface area contributed by atoms with E-state index in [0.717, 1.165) is 5.56 Å². The molecule has 1 aromatic heterocycles. The summed E-state index contributed by atoms with van der Waals surface area (Å²) in [6.45, 7) is 11.4. The first-order valence-corrected chi connectivity index (χ1v) is 12.2. The second-order valence-electron chi connectivity index (χ2n) is 8.41. The van der Waals surface area contributed by atoms with Crippen LogP contribution in [0.3, 0.4) is 0 Å². The van der Waals surface area contributed by atoms with E-state index in [2.05, 4.69) is 44.2 Å². The molecule has 27 heavy (non-hydrogen) atoms. The number of nitrogens with two attached hydrogens (primary N) is 1. The molecule has 0 fully saturated rings. The largest absolute Gasteiger partial charge is 0.416 e. The number of pyridine rings is 1. The summed E-state index contributed by atoms with van der Waals surface area (Å²) in [5, 5.41) is 3.03. The van der Waals surface area contributed by atoms with E-state index in [4.69, 9.17) is 10.2 Å². The van der Waals surface area contributed by atoms with Crippen LogP contribution in [0, 0.1) is 5.92 Å². The van der Waals surface area contributed by atoms with E-state index in [0.29, 0.717) is 24.4 Å². The normalized spacial score (nSPS) is 13.2. The third-order valence-electron chi connectivity index (χ3n) is 5.26. The molecule has 0 radical (unpaired) electrons. The van der Waals surface area contributed by atoms with Gasteiger partial charge < -0.3 is 15.5 Å². The maximum Gasteiger partial charge on any atom is 0.230 e. The number of carbonyl (C=O) groups excluding carboxylic acids is 1. The van der Waals surface area contributed by atoms with Crippen molar-refractivity contribution >= 4 is 25.6 Å². The number of nitrogen functional groups attached to an aromatic ring is 1. The first kappa shape index (κ1) is 21.1. The summed E-state index contributed by atoms with van der Waals surface area (Å²) in [6.07, 6.45) is 3.77. The zero-order valence-corrected chi connectivity index (χ0v) is 18.0. The van der Waals surface area contributed by atoms with Crippen molar-refractivity contribution in [3.63, 3.8) is 0 Å². The third-order valence-corrected chi connectivity index (χ3v) is 9.76. The van der Waals surface area contributed by atoms with Crippen LogP contribution < -0.4 is 11.1 Å². The van der Waals surface area contributed by atoms with Crippen LogP contribution in [0.2, 0.25) is 18.1 Å². The van der Waals surface area contributed by atoms with Crippen molar-refractivity contribution in [2.24, 2.45) is 5.92 Å². The van der Waals surface area contributed by atoms with Gasteiger partial charge >= 0.3 is 0 Å². The van der Waals surface area contributed by atoms with Crippen molar-refractivity contribution in [3.8, 4) is 0 Å². The van der Waals surface area contributed by atoms with Gasteiger partial charge in [0.25, 0.3) is 0 Å². The lowest BCUT2D eigenvalue weighted by atomic mass is 9.99. The van der Waals surface area contributed by atoms with Crippen LogP contribution in [-0.4, -0.2) is 25.8 Å². The Labute approximate surface area is 163 Å². The summed E-state index contributed by atoms with van der Waals surface area (Å²) in [5.74, 6) is -0.385. The fourth-order valence-corrected chi connectivity index (χ4v) is 3.46. The highest BCUT2D eigenvalue weighted by Gasteiger charge is 2.38. The van der Waals surface area contributed by atoms with Gasteiger partial charge in [-0.25, -0.2) is 0 Å². The topological polar surface area (TPSA) is 77.2 Å². The second kappa shape index (κ2) is 8.67. The van der Waals surface area contributed by atoms with Gasteiger partial charge in [0.2, 0.25) is 5.91 Å². The fourth-order valence-electron chi connectivity index (χ4n) is 2.41. The Bertz CT molecular complexity index is 758. The number of nitrogens with one attached hydrogen (secondary N) is 1. The monoisotopic (exact) mass is 385 g/mol. The Kier molecular flexibility index (Phi) is 6.78. The summed E-state index contributed by atoms with van der Waals surface area (Å²) < 4.78 is 6.35. The lowest BCUT2D eigenvalue weighted by Crippen LogP contribution is -2.43. The smallest absolute Gasteiger partial charge is 0.230 e. The Morgan fingerprint density at radius 3 is 2.48 bits per heavy atom. The lowest BCUT2D eigenvalue weighted by Gasteiger charge is -2.37. The van der Waals surface area contributed by atoms with Gasteiger partial charge in [-0.2, -0.15) is 0 Å². The molecular formula is C21H31N3O2Si. The molecule has 2 aromatic rings. The van der Waals surface area contributed by atoms with Gasteiger partial charge in [-0.3, -0.25) is 9.78 Å². The first-order chi connectivity index (χ1) is 12.6. The summed E-state index contributed by atoms with van der Waals surface area (Å²) >= 11 is 0. The van der Waals surface area contributed by atoms with Gasteiger partial charge in [-0.15, -0.1) is 0 Å². The van der Waals surface area contributed by atoms with Crippen LogP contribution in [0.25, 0.3) is 0 Å². The maximum atomic E-state index is 13.0. The molecule has 5 nitrogen and oxygen atoms in total. The molecule has 0 saturated heterocycles. The fraction of sp³-hybridized carbons (Fsp3) is 0.429. The Balaban J connectivity index is 2.16. The van der Waals surface area contributed by atoms with Gasteiger partial charge in [0, 0.05) is 12.8 Å². The average Bonchev–Trinajstić information content (AvgIpc) is 2.60. The van der Waals surface area contributed by atoms with Crippen LogP contribution in [0.5, 0.6) is 0 Å². The lowest BCUT2D eigenvalue weighted by molar-refractivity contribution is -0.120. The third kappa shape index (κ3) is 5.90. The highest BCUT2D eigenvalue weighted by molar-refractivity contribution is 6.74. The molecule has 0 aliphatic carbocycles. The van der Waals surface area contributed by atoms with E-state index in [1.165, 1.54) is 6.20 Å². The molecular weight excluding hydrogens is 354 g/mol. The number of rotatable bonds is 7. The molecule has 6 heteroatoms. The first-order valence-electron chi connectivity index (χ1n) is 9.28. The van der Waals surface area contributed by atoms with E-state index in [-0.39, 0.29) is 16.9 Å². The van der Waals surface area contributed by atoms with Gasteiger partial charge in [0.15, 0.2) is 8.32 Å². The van der Waals surface area contributed by atoms with Crippen molar-refractivity contribution in [1.82, 2.24) is 4.98 Å². The number of carbonyl (C=O) groups is 1. The SMILES string of the molecule is CC(C)(C)[Si](C)(C)OC[C@@H](Cc1ccccc1)C(=O)Nc1ccncc1N. The number of anilines is 2. The molecule has 1 heterocycles. The molecule has 3 N–H and O–H groups in total. The zero-order valence-electron chi connectivity index (χ0n) is 17.0. The Morgan fingerprint density at radius 2 is 1.89 bits per heavy atom. The predicted octanol–water partition coefficient (Wildman–Crippen LogP) is 4.48. The van der Waals surface area contributed by atoms with Crippen LogP contribution >= 0.6 is 0 Å². The summed E-state index contributed by atoms with van der Waals surface area (Å²) in [5.41, 5.74) is 8.07. The summed E-state index contributed by atoms with van der Waals surface area (Å²) in [7, 11) is -1.95. The minimum Gasteiger partial charge on any atom is -0.416 e. The quantitative estimate of drug-likeness (QED) is 0.689. The van der Waals surface area contributed by atoms with Crippen LogP contribution in [0.4, 0.5) is 11.4 Å². The maximum absolute atomic E-state index is 13.0. The number of nitrogens with zero attached hydrogens (tertiary/aromatic N) is 1. The molecule has 0 aliphatic rings. The average molecular weight is 386 g/mol. The summed E-state index contributed by atoms with van der Waals surface area (Å²) in [6, 6.07) is 11.7. The number of benzene rings is 1. The van der Waals surface area contributed by atoms with Gasteiger partial charge in [-0.1, -0.05) is 51.1 Å². The van der Waals surface area contributed by atoms with Gasteiger partial charge in [0.1, 0.15) is 0 Å². The molecule has 0 bridgehead atoms. The molecule has 1 aromatic carbocycles. The number of aromatic nitrogens is 1. The van der Waals surface area contributed by atoms with Crippen molar-refractivity contribution in [3.05, 3.63) is 54.4 Å². The zero-order chi connectivity index (χ0) is 20.1. The Morgan fingerprint density at radius 1 is 1.22 bits per heavy atom. The molecule has 1 amide bonds. The van der Waals surface area contributed by atoms with E-state index in [1.807, 2.05) is 30.3 Å². The molecule has 0 unspecified atom stereocenters. The predicted molar refractivity (Wildman–Crippen MR) is 114 cm³/mol. The number of hydrogen-bond donors (Lipinski definition) is 2. The van der Waals surface area contributed by atoms with Crippen molar-refractivity contribution < 1.29 is 9.22 Å². The van der Waals surface area contributed by atoms with Gasteiger partial charge in [0.05, 0.1) is 23.5 Å². The highest BCUT2D eigenvalue weighted by atomic mass is 28.4. The van der Waals surface area contributed by atoms with E-state index in [1.54, 1.807) is 12.3 Å². The molecule has 1 atom stereocenters. The van der Waals surface area contributed by atoms with E-state index >= 15 is 0 Å². The minimum atomic E-state index is -1.95. The molecule has 146 valence electrons. The Hall–Kier alpha value is -2.18. The molecule has 0 saturated carbocycles. The van der Waals surface area contributed by atoms with Crippen molar-refractivity contribution in [2.45, 2.75) is 45.3 Å². The van der Waals surface area contributed by atoms with Crippen molar-refractivity contribution in [2.75, 3.05) is 17.7 Å². The highest BCUT2D eigenvalue weighted by Crippen LogP contribution is 2.37. The number of hydrogen-bond acceptors (Lipinski definition) is 4. The van der Waals surface area contributed by atoms with E-state index in [9.17, 15) is 4.79 Å². The molecule has 0 spiro atoms. The van der Waals surface area contributed by atoms with E-state index < -0.39 is 8.32 Å². The molecule has 2 rings (SSSR count). The standard InChI is InChI=1S/C21H31N3O2Si/c1-21(2,3)27(4,5)26-15-17(13-16-9-7-6-8-10-16)20(25)24-19-11-12-23-14-18(19)22/h6-12,14,17H,13,15,22H2,1-5H3,(H,23,24,25)/t17-/m1/s1. The minimum absolute atomic E-state index is 0.0875. The summed E-state index contributed by atoms with van der Waals surface area (Å²) in [4.78, 5) is 16.9. The second-order valence-corrected chi connectivity index (χ2v) is 13.2. The van der Waals surface area contributed by atoms with Crippen LogP contribution in [0.15, 0.2) is 48.8 Å². The molecule has 0 aliphatic heterocycles. The number of amides is 1. The van der Waals surface area contributed by atoms with Gasteiger partial charge in [-0.05, 0) is 36.2 Å². The van der Waals surface area contributed by atoms with Crippen LogP contribution in [0.1, 0.15) is 26.3 Å².